The highest BCUT2D eigenvalue weighted by Gasteiger charge is 2.45. The Morgan fingerprint density at radius 2 is 2.03 bits per heavy atom. The first-order valence-electron chi connectivity index (χ1n) is 11.4. The Morgan fingerprint density at radius 1 is 1.24 bits per heavy atom. The van der Waals surface area contributed by atoms with Gasteiger partial charge in [-0.25, -0.2) is 9.78 Å². The Morgan fingerprint density at radius 3 is 2.74 bits per heavy atom. The maximum absolute atomic E-state index is 13.4. The van der Waals surface area contributed by atoms with E-state index in [0.29, 0.717) is 42.2 Å². The van der Waals surface area contributed by atoms with Crippen LogP contribution in [0.3, 0.4) is 0 Å². The highest BCUT2D eigenvalue weighted by atomic mass is 35.5. The normalized spacial score (nSPS) is 18.1. The number of hydrogen-bond donors (Lipinski definition) is 2. The van der Waals surface area contributed by atoms with Gasteiger partial charge in [-0.15, -0.1) is 12.4 Å². The number of halogens is 1. The molecule has 8 nitrogen and oxygen atoms in total. The van der Waals surface area contributed by atoms with Gasteiger partial charge in [-0.3, -0.25) is 4.79 Å². The minimum Gasteiger partial charge on any atom is -0.493 e. The number of aryl methyl sites for hydroxylation is 1. The molecule has 5 rings (SSSR count). The molecule has 0 saturated heterocycles. The first-order valence-corrected chi connectivity index (χ1v) is 11.4. The van der Waals surface area contributed by atoms with Gasteiger partial charge in [0.05, 0.1) is 35.6 Å². The van der Waals surface area contributed by atoms with Crippen molar-refractivity contribution < 1.29 is 19.4 Å². The molecular weight excluding hydrogens is 458 g/mol. The third-order valence-corrected chi connectivity index (χ3v) is 6.75. The van der Waals surface area contributed by atoms with E-state index >= 15 is 0 Å². The fraction of sp³-hybridized carbons (Fsp3) is 0.400. The third-order valence-electron chi connectivity index (χ3n) is 6.75. The van der Waals surface area contributed by atoms with E-state index in [1.54, 1.807) is 17.6 Å². The Balaban J connectivity index is 0.00000274. The summed E-state index contributed by atoms with van der Waals surface area (Å²) < 4.78 is 12.6. The Kier molecular flexibility index (Phi) is 6.42. The fourth-order valence-electron chi connectivity index (χ4n) is 4.91. The van der Waals surface area contributed by atoms with E-state index in [9.17, 15) is 14.7 Å². The van der Waals surface area contributed by atoms with Gasteiger partial charge < -0.3 is 24.9 Å². The molecule has 2 aliphatic rings. The van der Waals surface area contributed by atoms with Crippen molar-refractivity contribution in [3.8, 4) is 17.1 Å². The second-order valence-electron chi connectivity index (χ2n) is 8.54. The van der Waals surface area contributed by atoms with Gasteiger partial charge in [0.1, 0.15) is 12.4 Å². The van der Waals surface area contributed by atoms with Gasteiger partial charge in [-0.05, 0) is 49.6 Å². The van der Waals surface area contributed by atoms with E-state index in [-0.39, 0.29) is 31.0 Å². The number of hydrogen-bond acceptors (Lipinski definition) is 7. The number of aliphatic hydroxyl groups is 1. The summed E-state index contributed by atoms with van der Waals surface area (Å²) in [5, 5.41) is 12.1. The van der Waals surface area contributed by atoms with Crippen LogP contribution in [0.5, 0.6) is 5.75 Å². The number of fused-ring (bicyclic) bond motifs is 5. The maximum atomic E-state index is 13.4. The van der Waals surface area contributed by atoms with Crippen LogP contribution in [0, 0.1) is 0 Å². The molecule has 9 heteroatoms. The Bertz CT molecular complexity index is 1350. The van der Waals surface area contributed by atoms with E-state index in [1.807, 2.05) is 18.2 Å². The Labute approximate surface area is 203 Å². The van der Waals surface area contributed by atoms with Crippen LogP contribution in [-0.2, 0) is 34.7 Å². The molecule has 180 valence electrons. The topological polar surface area (TPSA) is 117 Å². The molecule has 0 radical (unpaired) electrons. The van der Waals surface area contributed by atoms with Crippen molar-refractivity contribution in [2.75, 3.05) is 13.2 Å². The number of carbonyl (C=O) groups is 1. The molecular formula is C25H28ClN3O5. The minimum atomic E-state index is -1.83. The van der Waals surface area contributed by atoms with Gasteiger partial charge >= 0.3 is 5.97 Å². The molecule has 0 bridgehead atoms. The standard InChI is InChI=1S/C25H27N3O5.ClH/c1-3-15-16-7-6-14(32-9-5-8-26)10-20(16)27-22-17(15)12-28-21(22)11-19-18(23(28)29)13-33-24(30)25(19,31)4-2;/h6-7,10-11,31H,3-5,8-9,12-13,26H2,1-2H3;1H/t25-;/m0./s1. The van der Waals surface area contributed by atoms with E-state index in [1.165, 1.54) is 0 Å². The van der Waals surface area contributed by atoms with Crippen molar-refractivity contribution in [2.24, 2.45) is 5.73 Å². The van der Waals surface area contributed by atoms with Gasteiger partial charge in [0, 0.05) is 22.6 Å². The average Bonchev–Trinajstić information content (AvgIpc) is 3.19. The van der Waals surface area contributed by atoms with Crippen LogP contribution in [0.15, 0.2) is 29.1 Å². The highest BCUT2D eigenvalue weighted by molar-refractivity contribution is 5.89. The number of nitrogens with two attached hydrogens (primary N) is 1. The zero-order valence-corrected chi connectivity index (χ0v) is 20.0. The molecule has 1 atom stereocenters. The molecule has 0 saturated carbocycles. The fourth-order valence-corrected chi connectivity index (χ4v) is 4.91. The molecule has 0 unspecified atom stereocenters. The van der Waals surface area contributed by atoms with Gasteiger partial charge in [0.25, 0.3) is 5.56 Å². The predicted molar refractivity (Wildman–Crippen MR) is 130 cm³/mol. The summed E-state index contributed by atoms with van der Waals surface area (Å²) in [7, 11) is 0. The molecule has 3 aromatic rings. The van der Waals surface area contributed by atoms with Gasteiger partial charge in [0.15, 0.2) is 5.60 Å². The summed E-state index contributed by atoms with van der Waals surface area (Å²) in [4.78, 5) is 30.7. The lowest BCUT2D eigenvalue weighted by Gasteiger charge is -2.31. The number of benzene rings is 1. The quantitative estimate of drug-likeness (QED) is 0.318. The van der Waals surface area contributed by atoms with Crippen molar-refractivity contribution in [1.82, 2.24) is 9.55 Å². The van der Waals surface area contributed by atoms with Gasteiger partial charge in [-0.2, -0.15) is 0 Å². The smallest absolute Gasteiger partial charge is 0.343 e. The second-order valence-corrected chi connectivity index (χ2v) is 8.54. The molecule has 0 spiro atoms. The maximum Gasteiger partial charge on any atom is 0.343 e. The molecule has 0 amide bonds. The summed E-state index contributed by atoms with van der Waals surface area (Å²) in [6.07, 6.45) is 1.65. The van der Waals surface area contributed by atoms with Crippen LogP contribution >= 0.6 is 12.4 Å². The SMILES string of the molecule is CCc1c2c(nc3cc(OCCCN)ccc13)-c1cc3c(c(=O)n1C2)COC(=O)[C@]3(O)CC.Cl. The summed E-state index contributed by atoms with van der Waals surface area (Å²) in [6.45, 7) is 5.14. The lowest BCUT2D eigenvalue weighted by atomic mass is 9.86. The lowest BCUT2D eigenvalue weighted by Crippen LogP contribution is -2.44. The van der Waals surface area contributed by atoms with Crippen LogP contribution in [-0.4, -0.2) is 33.8 Å². The van der Waals surface area contributed by atoms with Crippen molar-refractivity contribution in [3.63, 3.8) is 0 Å². The second kappa shape index (κ2) is 9.02. The zero-order valence-electron chi connectivity index (χ0n) is 19.2. The van der Waals surface area contributed by atoms with E-state index in [2.05, 4.69) is 6.92 Å². The monoisotopic (exact) mass is 485 g/mol. The highest BCUT2D eigenvalue weighted by Crippen LogP contribution is 2.40. The molecule has 2 aliphatic heterocycles. The van der Waals surface area contributed by atoms with Gasteiger partial charge in [-0.1, -0.05) is 13.8 Å². The third kappa shape index (κ3) is 3.48. The average molecular weight is 486 g/mol. The minimum absolute atomic E-state index is 0. The molecule has 34 heavy (non-hydrogen) atoms. The number of esters is 1. The molecule has 0 fully saturated rings. The molecule has 4 heterocycles. The lowest BCUT2D eigenvalue weighted by molar-refractivity contribution is -0.172. The molecule has 0 aliphatic carbocycles. The molecule has 2 aromatic heterocycles. The first-order chi connectivity index (χ1) is 15.9. The number of rotatable bonds is 6. The summed E-state index contributed by atoms with van der Waals surface area (Å²) in [6, 6.07) is 7.60. The van der Waals surface area contributed by atoms with Crippen LogP contribution < -0.4 is 16.0 Å². The number of pyridine rings is 2. The molecule has 1 aromatic carbocycles. The number of aromatic nitrogens is 2. The van der Waals surface area contributed by atoms with Crippen molar-refractivity contribution in [1.29, 1.82) is 0 Å². The predicted octanol–water partition coefficient (Wildman–Crippen LogP) is 2.79. The van der Waals surface area contributed by atoms with Crippen molar-refractivity contribution in [3.05, 3.63) is 56.9 Å². The van der Waals surface area contributed by atoms with Crippen LogP contribution in [0.4, 0.5) is 0 Å². The summed E-state index contributed by atoms with van der Waals surface area (Å²) >= 11 is 0. The number of nitrogens with zero attached hydrogens (tertiary/aromatic N) is 2. The van der Waals surface area contributed by atoms with Crippen LogP contribution in [0.1, 0.15) is 48.9 Å². The number of ether oxygens (including phenoxy) is 2. The van der Waals surface area contributed by atoms with E-state index in [0.717, 1.165) is 40.6 Å². The van der Waals surface area contributed by atoms with Gasteiger partial charge in [0.2, 0.25) is 0 Å². The van der Waals surface area contributed by atoms with Crippen LogP contribution in [0.25, 0.3) is 22.3 Å². The summed E-state index contributed by atoms with van der Waals surface area (Å²) in [5.41, 5.74) is 8.34. The van der Waals surface area contributed by atoms with Crippen LogP contribution in [0.2, 0.25) is 0 Å². The van der Waals surface area contributed by atoms with Crippen molar-refractivity contribution >= 4 is 29.3 Å². The number of cyclic esters (lactones) is 1. The van der Waals surface area contributed by atoms with Crippen molar-refractivity contribution in [2.45, 2.75) is 51.9 Å². The van der Waals surface area contributed by atoms with E-state index < -0.39 is 11.6 Å². The summed E-state index contributed by atoms with van der Waals surface area (Å²) in [5.74, 6) is -0.00515. The largest absolute Gasteiger partial charge is 0.493 e. The Hall–Kier alpha value is -2.94. The zero-order chi connectivity index (χ0) is 23.3. The number of carbonyl (C=O) groups excluding carboxylic acids is 1. The molecule has 3 N–H and O–H groups in total. The first kappa shape index (κ1) is 24.2. The van der Waals surface area contributed by atoms with E-state index in [4.69, 9.17) is 20.2 Å².